The highest BCUT2D eigenvalue weighted by atomic mass is 32.2. The molecule has 2 aromatic rings. The van der Waals surface area contributed by atoms with Gasteiger partial charge in [-0.05, 0) is 39.5 Å². The Balaban J connectivity index is 2.12. The van der Waals surface area contributed by atoms with E-state index in [2.05, 4.69) is 27.3 Å². The largest absolute Gasteiger partial charge is 0.346 e. The van der Waals surface area contributed by atoms with Gasteiger partial charge in [-0.15, -0.1) is 0 Å². The molecule has 0 saturated carbocycles. The molecule has 0 saturated heterocycles. The number of aryl methyl sites for hydroxylation is 3. The van der Waals surface area contributed by atoms with Crippen molar-refractivity contribution in [3.63, 3.8) is 0 Å². The summed E-state index contributed by atoms with van der Waals surface area (Å²) in [6, 6.07) is 1.71. The Hall–Kier alpha value is -1.89. The fourth-order valence-electron chi connectivity index (χ4n) is 2.41. The number of carbonyl (C=O) groups excluding carboxylic acids is 1. The molecule has 0 fully saturated rings. The Morgan fingerprint density at radius 3 is 2.61 bits per heavy atom. The van der Waals surface area contributed by atoms with Crippen molar-refractivity contribution in [1.82, 2.24) is 25.1 Å². The molecule has 0 spiro atoms. The molecule has 2 aromatic heterocycles. The smallest absolute Gasteiger partial charge is 0.270 e. The molecule has 1 N–H and O–H groups in total. The van der Waals surface area contributed by atoms with Crippen LogP contribution in [0, 0.1) is 20.8 Å². The van der Waals surface area contributed by atoms with E-state index in [1.807, 2.05) is 32.4 Å². The highest BCUT2D eigenvalue weighted by Gasteiger charge is 2.14. The van der Waals surface area contributed by atoms with Crippen molar-refractivity contribution >= 4 is 17.7 Å². The summed E-state index contributed by atoms with van der Waals surface area (Å²) in [5.41, 5.74) is 4.31. The molecule has 124 valence electrons. The number of hydrogen-bond donors (Lipinski definition) is 1. The van der Waals surface area contributed by atoms with Gasteiger partial charge in [0.2, 0.25) is 0 Å². The first-order valence-electron chi connectivity index (χ1n) is 7.75. The van der Waals surface area contributed by atoms with Crippen molar-refractivity contribution in [2.75, 3.05) is 5.75 Å². The van der Waals surface area contributed by atoms with E-state index in [-0.39, 0.29) is 5.91 Å². The highest BCUT2D eigenvalue weighted by Crippen LogP contribution is 2.15. The SMILES string of the molecule is CCSc1nc(C)cc(C(=O)NCc2c(C)nn(CC)c2C)n1. The van der Waals surface area contributed by atoms with Crippen LogP contribution < -0.4 is 5.32 Å². The summed E-state index contributed by atoms with van der Waals surface area (Å²) < 4.78 is 1.95. The van der Waals surface area contributed by atoms with Crippen LogP contribution in [-0.2, 0) is 13.1 Å². The maximum atomic E-state index is 12.4. The summed E-state index contributed by atoms with van der Waals surface area (Å²) in [5, 5.41) is 8.05. The van der Waals surface area contributed by atoms with E-state index in [4.69, 9.17) is 0 Å². The maximum Gasteiger partial charge on any atom is 0.270 e. The van der Waals surface area contributed by atoms with E-state index in [1.165, 1.54) is 11.8 Å². The first-order chi connectivity index (χ1) is 11.0. The molecule has 0 bridgehead atoms. The minimum absolute atomic E-state index is 0.184. The molecule has 6 nitrogen and oxygen atoms in total. The van der Waals surface area contributed by atoms with Gasteiger partial charge in [-0.2, -0.15) is 5.10 Å². The Bertz CT molecular complexity index is 711. The molecular formula is C16H23N5OS. The average molecular weight is 333 g/mol. The minimum Gasteiger partial charge on any atom is -0.346 e. The molecule has 0 atom stereocenters. The zero-order valence-electron chi connectivity index (χ0n) is 14.3. The van der Waals surface area contributed by atoms with Crippen molar-refractivity contribution < 1.29 is 4.79 Å². The highest BCUT2D eigenvalue weighted by molar-refractivity contribution is 7.99. The summed E-state index contributed by atoms with van der Waals surface area (Å²) in [5.74, 6) is 0.690. The number of carbonyl (C=O) groups is 1. The van der Waals surface area contributed by atoms with Crippen molar-refractivity contribution in [3.05, 3.63) is 34.4 Å². The summed E-state index contributed by atoms with van der Waals surface area (Å²) in [7, 11) is 0. The normalized spacial score (nSPS) is 10.8. The van der Waals surface area contributed by atoms with Gasteiger partial charge in [-0.1, -0.05) is 18.7 Å². The van der Waals surface area contributed by atoms with E-state index in [0.29, 0.717) is 17.4 Å². The topological polar surface area (TPSA) is 72.7 Å². The van der Waals surface area contributed by atoms with Crippen LogP contribution in [-0.4, -0.2) is 31.4 Å². The summed E-state index contributed by atoms with van der Waals surface area (Å²) in [6.07, 6.45) is 0. The van der Waals surface area contributed by atoms with Crippen molar-refractivity contribution in [3.8, 4) is 0 Å². The van der Waals surface area contributed by atoms with E-state index in [9.17, 15) is 4.79 Å². The standard InChI is InChI=1S/C16H23N5OS/c1-6-21-12(5)13(11(4)20-21)9-17-15(22)14-8-10(3)18-16(19-14)23-7-2/h8H,6-7,9H2,1-5H3,(H,17,22). The van der Waals surface area contributed by atoms with Gasteiger partial charge in [0.1, 0.15) is 5.69 Å². The Kier molecular flexibility index (Phi) is 5.76. The quantitative estimate of drug-likeness (QED) is 0.650. The molecule has 2 heterocycles. The van der Waals surface area contributed by atoms with Gasteiger partial charge >= 0.3 is 0 Å². The molecule has 1 amide bonds. The molecule has 7 heteroatoms. The molecule has 2 rings (SSSR count). The molecule has 23 heavy (non-hydrogen) atoms. The second-order valence-electron chi connectivity index (χ2n) is 5.26. The summed E-state index contributed by atoms with van der Waals surface area (Å²) in [4.78, 5) is 21.0. The second-order valence-corrected chi connectivity index (χ2v) is 6.49. The van der Waals surface area contributed by atoms with E-state index in [1.54, 1.807) is 6.07 Å². The van der Waals surface area contributed by atoms with Gasteiger partial charge < -0.3 is 5.32 Å². The molecule has 0 aliphatic carbocycles. The van der Waals surface area contributed by atoms with Crippen LogP contribution in [0.4, 0.5) is 0 Å². The van der Waals surface area contributed by atoms with Gasteiger partial charge in [-0.25, -0.2) is 9.97 Å². The van der Waals surface area contributed by atoms with Crippen LogP contribution in [0.2, 0.25) is 0 Å². The number of nitrogens with zero attached hydrogens (tertiary/aromatic N) is 4. The maximum absolute atomic E-state index is 12.4. The Morgan fingerprint density at radius 1 is 1.26 bits per heavy atom. The van der Waals surface area contributed by atoms with Crippen molar-refractivity contribution in [2.24, 2.45) is 0 Å². The summed E-state index contributed by atoms with van der Waals surface area (Å²) in [6.45, 7) is 11.2. The lowest BCUT2D eigenvalue weighted by Gasteiger charge is -2.07. The molecule has 0 unspecified atom stereocenters. The first kappa shape index (κ1) is 17.5. The lowest BCUT2D eigenvalue weighted by molar-refractivity contribution is 0.0944. The van der Waals surface area contributed by atoms with Gasteiger partial charge in [0.25, 0.3) is 5.91 Å². The third kappa shape index (κ3) is 4.10. The lowest BCUT2D eigenvalue weighted by Crippen LogP contribution is -2.25. The molecule has 0 aromatic carbocycles. The number of nitrogens with one attached hydrogen (secondary N) is 1. The first-order valence-corrected chi connectivity index (χ1v) is 8.74. The van der Waals surface area contributed by atoms with Crippen LogP contribution in [0.1, 0.15) is 47.0 Å². The Morgan fingerprint density at radius 2 is 2.00 bits per heavy atom. The minimum atomic E-state index is -0.184. The molecule has 0 aliphatic heterocycles. The fraction of sp³-hybridized carbons (Fsp3) is 0.500. The second kappa shape index (κ2) is 7.59. The van der Waals surface area contributed by atoms with Gasteiger partial charge in [0.05, 0.1) is 5.69 Å². The van der Waals surface area contributed by atoms with Crippen LogP contribution >= 0.6 is 11.8 Å². The average Bonchev–Trinajstić information content (AvgIpc) is 2.78. The van der Waals surface area contributed by atoms with E-state index in [0.717, 1.165) is 34.9 Å². The molecule has 0 aliphatic rings. The number of thioether (sulfide) groups is 1. The van der Waals surface area contributed by atoms with Gasteiger partial charge in [0, 0.05) is 30.0 Å². The number of hydrogen-bond acceptors (Lipinski definition) is 5. The zero-order chi connectivity index (χ0) is 17.0. The predicted molar refractivity (Wildman–Crippen MR) is 91.7 cm³/mol. The summed E-state index contributed by atoms with van der Waals surface area (Å²) >= 11 is 1.53. The monoisotopic (exact) mass is 333 g/mol. The lowest BCUT2D eigenvalue weighted by atomic mass is 10.2. The van der Waals surface area contributed by atoms with Crippen molar-refractivity contribution in [1.29, 1.82) is 0 Å². The molecule has 0 radical (unpaired) electrons. The zero-order valence-corrected chi connectivity index (χ0v) is 15.1. The van der Waals surface area contributed by atoms with Crippen molar-refractivity contribution in [2.45, 2.75) is 52.9 Å². The third-order valence-electron chi connectivity index (χ3n) is 3.60. The molecular weight excluding hydrogens is 310 g/mol. The number of rotatable bonds is 6. The van der Waals surface area contributed by atoms with Gasteiger partial charge in [-0.3, -0.25) is 9.48 Å². The Labute approximate surface area is 141 Å². The van der Waals surface area contributed by atoms with Crippen LogP contribution in [0.3, 0.4) is 0 Å². The number of amides is 1. The van der Waals surface area contributed by atoms with E-state index >= 15 is 0 Å². The predicted octanol–water partition coefficient (Wildman–Crippen LogP) is 2.66. The third-order valence-corrected chi connectivity index (χ3v) is 4.33. The fourth-order valence-corrected chi connectivity index (χ4v) is 3.04. The van der Waals surface area contributed by atoms with Crippen LogP contribution in [0.5, 0.6) is 0 Å². The number of aromatic nitrogens is 4. The van der Waals surface area contributed by atoms with Crippen LogP contribution in [0.15, 0.2) is 11.2 Å². The van der Waals surface area contributed by atoms with Gasteiger partial charge in [0.15, 0.2) is 5.16 Å². The van der Waals surface area contributed by atoms with E-state index < -0.39 is 0 Å². The van der Waals surface area contributed by atoms with Crippen LogP contribution in [0.25, 0.3) is 0 Å².